The Labute approximate surface area is 87.8 Å². The van der Waals surface area contributed by atoms with Crippen molar-refractivity contribution in [2.45, 2.75) is 0 Å². The molecule has 0 unspecified atom stereocenters. The van der Waals surface area contributed by atoms with E-state index in [0.29, 0.717) is 10.6 Å². The van der Waals surface area contributed by atoms with Crippen molar-refractivity contribution in [3.05, 3.63) is 34.9 Å². The second-order valence-corrected chi connectivity index (χ2v) is 3.01. The third-order valence-electron chi connectivity index (χ3n) is 1.52. The van der Waals surface area contributed by atoms with E-state index < -0.39 is 0 Å². The Balaban J connectivity index is 2.72. The third-order valence-corrected chi connectivity index (χ3v) is 1.78. The topological polar surface area (TPSA) is 26.3 Å². The van der Waals surface area contributed by atoms with E-state index in [1.165, 1.54) is 7.11 Å². The van der Waals surface area contributed by atoms with Crippen LogP contribution in [0.3, 0.4) is 0 Å². The maximum absolute atomic E-state index is 11.4. The third kappa shape index (κ3) is 3.21. The minimum Gasteiger partial charge on any atom is -0.372 e. The molecule has 1 aromatic carbocycles. The van der Waals surface area contributed by atoms with Gasteiger partial charge in [0.1, 0.15) is 6.61 Å². The molecule has 0 spiro atoms. The number of benzene rings is 1. The number of Topliss-reactive ketones (excluding diaryl/α,β-unsaturated/α-hetero) is 1. The molecule has 1 rings (SSSR count). The molecule has 0 heterocycles. The quantitative estimate of drug-likeness (QED) is 0.423. The van der Waals surface area contributed by atoms with Gasteiger partial charge >= 0.3 is 0 Å². The Morgan fingerprint density at radius 1 is 1.43 bits per heavy atom. The number of carbonyl (C=O) groups excluding carboxylic acids is 1. The summed E-state index contributed by atoms with van der Waals surface area (Å²) in [6, 6.07) is 6.61. The molecule has 2 nitrogen and oxygen atoms in total. The fourth-order valence-corrected chi connectivity index (χ4v) is 0.988. The normalized spacial score (nSPS) is 9.00. The minimum atomic E-state index is -0.223. The van der Waals surface area contributed by atoms with Gasteiger partial charge in [0.05, 0.1) is 0 Å². The summed E-state index contributed by atoms with van der Waals surface area (Å²) in [5.74, 6) is 4.83. The monoisotopic (exact) mass is 208 g/mol. The van der Waals surface area contributed by atoms with Crippen LogP contribution in [0.4, 0.5) is 0 Å². The molecule has 0 amide bonds. The van der Waals surface area contributed by atoms with Crippen LogP contribution in [-0.2, 0) is 4.74 Å². The van der Waals surface area contributed by atoms with Gasteiger partial charge in [0.2, 0.25) is 5.78 Å². The molecule has 0 aliphatic heterocycles. The number of hydrogen-bond donors (Lipinski definition) is 0. The molecule has 0 radical (unpaired) electrons. The number of halogens is 1. The van der Waals surface area contributed by atoms with Crippen molar-refractivity contribution in [3.63, 3.8) is 0 Å². The molecule has 1 aromatic rings. The smallest absolute Gasteiger partial charge is 0.235 e. The van der Waals surface area contributed by atoms with Gasteiger partial charge in [0, 0.05) is 17.7 Å². The van der Waals surface area contributed by atoms with Gasteiger partial charge < -0.3 is 4.74 Å². The van der Waals surface area contributed by atoms with Crippen LogP contribution in [0.15, 0.2) is 24.3 Å². The summed E-state index contributed by atoms with van der Waals surface area (Å²) >= 11 is 5.68. The predicted molar refractivity (Wildman–Crippen MR) is 55.4 cm³/mol. The highest BCUT2D eigenvalue weighted by Crippen LogP contribution is 2.09. The minimum absolute atomic E-state index is 0.223. The second kappa shape index (κ2) is 5.43. The average molecular weight is 209 g/mol. The van der Waals surface area contributed by atoms with Crippen LogP contribution >= 0.6 is 11.6 Å². The van der Waals surface area contributed by atoms with Crippen LogP contribution in [0, 0.1) is 11.8 Å². The molecule has 0 bridgehead atoms. The van der Waals surface area contributed by atoms with E-state index in [1.54, 1.807) is 24.3 Å². The number of ether oxygens (including phenoxy) is 1. The molecule has 0 N–H and O–H groups in total. The van der Waals surface area contributed by atoms with E-state index >= 15 is 0 Å². The maximum atomic E-state index is 11.4. The zero-order valence-electron chi connectivity index (χ0n) is 7.71. The van der Waals surface area contributed by atoms with E-state index in [-0.39, 0.29) is 12.4 Å². The van der Waals surface area contributed by atoms with Crippen molar-refractivity contribution in [2.24, 2.45) is 0 Å². The van der Waals surface area contributed by atoms with Gasteiger partial charge in [-0.1, -0.05) is 17.5 Å². The SMILES string of the molecule is COCC#CC(=O)c1ccc(Cl)cc1. The highest BCUT2D eigenvalue weighted by Gasteiger charge is 2.00. The highest BCUT2D eigenvalue weighted by atomic mass is 35.5. The van der Waals surface area contributed by atoms with Crippen molar-refractivity contribution in [2.75, 3.05) is 13.7 Å². The molecule has 72 valence electrons. The Hall–Kier alpha value is -1.30. The first kappa shape index (κ1) is 10.8. The number of hydrogen-bond acceptors (Lipinski definition) is 2. The van der Waals surface area contributed by atoms with E-state index in [4.69, 9.17) is 16.3 Å². The first-order chi connectivity index (χ1) is 6.74. The van der Waals surface area contributed by atoms with Crippen molar-refractivity contribution < 1.29 is 9.53 Å². The van der Waals surface area contributed by atoms with Crippen LogP contribution in [0.25, 0.3) is 0 Å². The van der Waals surface area contributed by atoms with E-state index in [2.05, 4.69) is 11.8 Å². The van der Waals surface area contributed by atoms with Gasteiger partial charge in [-0.05, 0) is 30.2 Å². The lowest BCUT2D eigenvalue weighted by Crippen LogP contribution is -1.95. The fourth-order valence-electron chi connectivity index (χ4n) is 0.862. The lowest BCUT2D eigenvalue weighted by Gasteiger charge is -1.93. The number of carbonyl (C=O) groups is 1. The zero-order valence-corrected chi connectivity index (χ0v) is 8.47. The standard InChI is InChI=1S/C11H9ClO2/c1-14-8-2-3-11(13)9-4-6-10(12)7-5-9/h4-7H,8H2,1H3. The summed E-state index contributed by atoms with van der Waals surface area (Å²) < 4.78 is 4.70. The molecular formula is C11H9ClO2. The first-order valence-corrected chi connectivity index (χ1v) is 4.39. The summed E-state index contributed by atoms with van der Waals surface area (Å²) in [5.41, 5.74) is 0.540. The highest BCUT2D eigenvalue weighted by molar-refractivity contribution is 6.30. The Morgan fingerprint density at radius 3 is 2.64 bits per heavy atom. The Morgan fingerprint density at radius 2 is 2.07 bits per heavy atom. The summed E-state index contributed by atoms with van der Waals surface area (Å²) in [4.78, 5) is 11.4. The van der Waals surface area contributed by atoms with E-state index in [0.717, 1.165) is 0 Å². The molecule has 0 saturated heterocycles. The Kier molecular flexibility index (Phi) is 4.18. The van der Waals surface area contributed by atoms with Crippen molar-refractivity contribution in [1.29, 1.82) is 0 Å². The van der Waals surface area contributed by atoms with Crippen molar-refractivity contribution >= 4 is 17.4 Å². The number of methoxy groups -OCH3 is 1. The largest absolute Gasteiger partial charge is 0.372 e. The number of ketones is 1. The molecule has 3 heteroatoms. The van der Waals surface area contributed by atoms with Gasteiger partial charge in [0.15, 0.2) is 0 Å². The van der Waals surface area contributed by atoms with Crippen LogP contribution in [0.2, 0.25) is 5.02 Å². The molecule has 0 saturated carbocycles. The van der Waals surface area contributed by atoms with E-state index in [9.17, 15) is 4.79 Å². The van der Waals surface area contributed by atoms with Gasteiger partial charge in [-0.25, -0.2) is 0 Å². The fraction of sp³-hybridized carbons (Fsp3) is 0.182. The zero-order chi connectivity index (χ0) is 10.4. The predicted octanol–water partition coefficient (Wildman–Crippen LogP) is 2.17. The van der Waals surface area contributed by atoms with Gasteiger partial charge in [-0.2, -0.15) is 0 Å². The van der Waals surface area contributed by atoms with Crippen LogP contribution in [0.5, 0.6) is 0 Å². The summed E-state index contributed by atoms with van der Waals surface area (Å²) in [6.07, 6.45) is 0. The molecule has 0 atom stereocenters. The van der Waals surface area contributed by atoms with Crippen LogP contribution in [0.1, 0.15) is 10.4 Å². The lowest BCUT2D eigenvalue weighted by atomic mass is 10.1. The second-order valence-electron chi connectivity index (χ2n) is 2.57. The van der Waals surface area contributed by atoms with Crippen molar-refractivity contribution in [3.8, 4) is 11.8 Å². The summed E-state index contributed by atoms with van der Waals surface area (Å²) in [7, 11) is 1.53. The lowest BCUT2D eigenvalue weighted by molar-refractivity contribution is 0.105. The van der Waals surface area contributed by atoms with Gasteiger partial charge in [0.25, 0.3) is 0 Å². The van der Waals surface area contributed by atoms with Crippen LogP contribution < -0.4 is 0 Å². The van der Waals surface area contributed by atoms with Gasteiger partial charge in [-0.3, -0.25) is 4.79 Å². The molecule has 14 heavy (non-hydrogen) atoms. The molecular weight excluding hydrogens is 200 g/mol. The maximum Gasteiger partial charge on any atom is 0.235 e. The molecule has 0 aliphatic carbocycles. The molecule has 0 aromatic heterocycles. The average Bonchev–Trinajstić information content (AvgIpc) is 2.19. The van der Waals surface area contributed by atoms with Crippen LogP contribution in [-0.4, -0.2) is 19.5 Å². The summed E-state index contributed by atoms with van der Waals surface area (Å²) in [5, 5.41) is 0.603. The molecule has 0 fully saturated rings. The van der Waals surface area contributed by atoms with E-state index in [1.807, 2.05) is 0 Å². The number of rotatable bonds is 2. The summed E-state index contributed by atoms with van der Waals surface area (Å²) in [6.45, 7) is 0.263. The molecule has 0 aliphatic rings. The van der Waals surface area contributed by atoms with Gasteiger partial charge in [-0.15, -0.1) is 0 Å². The van der Waals surface area contributed by atoms with Crippen molar-refractivity contribution in [1.82, 2.24) is 0 Å². The first-order valence-electron chi connectivity index (χ1n) is 4.01. The Bertz CT molecular complexity index is 371.